The Morgan fingerprint density at radius 3 is 1.95 bits per heavy atom. The van der Waals surface area contributed by atoms with E-state index in [1.54, 1.807) is 24.3 Å². The summed E-state index contributed by atoms with van der Waals surface area (Å²) in [6.07, 6.45) is 4.24. The van der Waals surface area contributed by atoms with Gasteiger partial charge in [0.05, 0.1) is 22.0 Å². The van der Waals surface area contributed by atoms with Crippen LogP contribution in [-0.4, -0.2) is 14.2 Å². The van der Waals surface area contributed by atoms with Gasteiger partial charge in [0.15, 0.2) is 9.84 Å². The Bertz CT molecular complexity index is 1700. The molecular weight excluding hydrogens is 510 g/mol. The third-order valence-corrected chi connectivity index (χ3v) is 9.15. The van der Waals surface area contributed by atoms with Crippen molar-refractivity contribution in [3.8, 4) is 0 Å². The minimum absolute atomic E-state index is 0.0466. The second kappa shape index (κ2) is 10.6. The maximum absolute atomic E-state index is 13.8. The number of aryl methyl sites for hydroxylation is 3. The van der Waals surface area contributed by atoms with Crippen molar-refractivity contribution in [2.24, 2.45) is 0 Å². The first kappa shape index (κ1) is 27.7. The Morgan fingerprint density at radius 1 is 0.725 bits per heavy atom. The first-order valence-electron chi connectivity index (χ1n) is 13.7. The van der Waals surface area contributed by atoms with Crippen LogP contribution in [0.25, 0.3) is 11.6 Å². The molecule has 0 atom stereocenters. The molecule has 1 aliphatic heterocycles. The summed E-state index contributed by atoms with van der Waals surface area (Å²) in [4.78, 5) is 2.48. The maximum Gasteiger partial charge on any atom is 0.183 e. The summed E-state index contributed by atoms with van der Waals surface area (Å²) >= 11 is 0. The van der Waals surface area contributed by atoms with Gasteiger partial charge in [0, 0.05) is 5.70 Å². The van der Waals surface area contributed by atoms with Crippen LogP contribution in [0.4, 0.5) is 11.4 Å². The normalized spacial score (nSPS) is 13.8. The topological polar surface area (TPSA) is 37.4 Å². The molecule has 4 heteroatoms. The summed E-state index contributed by atoms with van der Waals surface area (Å²) in [6, 6.07) is 30.0. The van der Waals surface area contributed by atoms with Crippen LogP contribution in [0, 0.1) is 20.8 Å². The second-order valence-electron chi connectivity index (χ2n) is 11.8. The van der Waals surface area contributed by atoms with Gasteiger partial charge in [0.2, 0.25) is 0 Å². The fourth-order valence-electron chi connectivity index (χ4n) is 5.55. The third-order valence-electron chi connectivity index (χ3n) is 7.48. The largest absolute Gasteiger partial charge is 0.312 e. The van der Waals surface area contributed by atoms with E-state index in [1.165, 1.54) is 11.1 Å². The Hall–Kier alpha value is -3.89. The fraction of sp³-hybridized carbons (Fsp3) is 0.222. The number of hydrogen-bond donors (Lipinski definition) is 0. The number of anilines is 2. The number of allylic oxidation sites excluding steroid dienone is 2. The Balaban J connectivity index is 1.75. The first-order chi connectivity index (χ1) is 18.9. The van der Waals surface area contributed by atoms with E-state index in [1.807, 2.05) is 18.2 Å². The molecule has 0 radical (unpaired) electrons. The van der Waals surface area contributed by atoms with Crippen molar-refractivity contribution in [2.45, 2.75) is 51.9 Å². The lowest BCUT2D eigenvalue weighted by molar-refractivity contribution is 0.590. The van der Waals surface area contributed by atoms with Crippen LogP contribution < -0.4 is 4.90 Å². The third kappa shape index (κ3) is 5.55. The van der Waals surface area contributed by atoms with Crippen molar-refractivity contribution >= 4 is 32.9 Å². The van der Waals surface area contributed by atoms with E-state index < -0.39 is 9.84 Å². The molecule has 3 nitrogen and oxygen atoms in total. The molecule has 1 heterocycles. The average Bonchev–Trinajstić information content (AvgIpc) is 3.05. The number of rotatable bonds is 5. The van der Waals surface area contributed by atoms with E-state index >= 15 is 0 Å². The highest BCUT2D eigenvalue weighted by Gasteiger charge is 2.28. The van der Waals surface area contributed by atoms with Gasteiger partial charge in [-0.15, -0.1) is 0 Å². The zero-order chi connectivity index (χ0) is 28.7. The molecule has 204 valence electrons. The van der Waals surface area contributed by atoms with Gasteiger partial charge in [-0.25, -0.2) is 8.42 Å². The lowest BCUT2D eigenvalue weighted by atomic mass is 9.86. The van der Waals surface area contributed by atoms with Crippen LogP contribution in [-0.2, 0) is 15.3 Å². The Morgan fingerprint density at radius 2 is 1.32 bits per heavy atom. The number of benzene rings is 4. The predicted molar refractivity (Wildman–Crippen MR) is 169 cm³/mol. The van der Waals surface area contributed by atoms with Crippen molar-refractivity contribution in [1.82, 2.24) is 0 Å². The quantitative estimate of drug-likeness (QED) is 0.250. The highest BCUT2D eigenvalue weighted by Crippen LogP contribution is 2.42. The van der Waals surface area contributed by atoms with E-state index in [2.05, 4.69) is 107 Å². The van der Waals surface area contributed by atoms with Crippen molar-refractivity contribution in [1.29, 1.82) is 0 Å². The zero-order valence-electron chi connectivity index (χ0n) is 24.2. The summed E-state index contributed by atoms with van der Waals surface area (Å²) in [6.45, 7) is 12.9. The molecule has 0 amide bonds. The molecule has 4 aromatic rings. The molecule has 40 heavy (non-hydrogen) atoms. The molecule has 0 saturated carbocycles. The minimum atomic E-state index is -3.62. The smallest absolute Gasteiger partial charge is 0.183 e. The standard InChI is InChI=1S/C36H37NO2S/c1-25-20-26(2)35(27(3)21-25)37-32(24-40(38,39)33-13-8-7-9-14-33)23-30(22-29-12-10-11-15-34(29)37)28-16-18-31(19-17-28)36(4,5)6/h7-23H,24H2,1-6H3. The number of fused-ring (bicyclic) bond motifs is 1. The molecule has 0 fully saturated rings. The Labute approximate surface area is 239 Å². The van der Waals surface area contributed by atoms with Crippen LogP contribution in [0.3, 0.4) is 0 Å². The summed E-state index contributed by atoms with van der Waals surface area (Å²) in [5.74, 6) is -0.129. The van der Waals surface area contributed by atoms with E-state index in [9.17, 15) is 8.42 Å². The number of sulfone groups is 1. The van der Waals surface area contributed by atoms with Gasteiger partial charge in [-0.3, -0.25) is 0 Å². The zero-order valence-corrected chi connectivity index (χ0v) is 25.0. The molecule has 1 aliphatic rings. The second-order valence-corrected chi connectivity index (χ2v) is 13.8. The van der Waals surface area contributed by atoms with Gasteiger partial charge in [0.25, 0.3) is 0 Å². The van der Waals surface area contributed by atoms with Crippen LogP contribution in [0.1, 0.15) is 54.2 Å². The lowest BCUT2D eigenvalue weighted by Gasteiger charge is -2.31. The van der Waals surface area contributed by atoms with Crippen LogP contribution in [0.15, 0.2) is 108 Å². The molecule has 0 unspecified atom stereocenters. The van der Waals surface area contributed by atoms with Gasteiger partial charge in [-0.1, -0.05) is 99.1 Å². The molecular formula is C36H37NO2S. The van der Waals surface area contributed by atoms with Gasteiger partial charge in [-0.2, -0.15) is 0 Å². The summed E-state index contributed by atoms with van der Waals surface area (Å²) in [5.41, 5.74) is 10.5. The molecule has 0 aliphatic carbocycles. The predicted octanol–water partition coefficient (Wildman–Crippen LogP) is 8.96. The van der Waals surface area contributed by atoms with E-state index in [0.717, 1.165) is 44.9 Å². The van der Waals surface area contributed by atoms with Crippen molar-refractivity contribution < 1.29 is 8.42 Å². The minimum Gasteiger partial charge on any atom is -0.312 e. The van der Waals surface area contributed by atoms with Gasteiger partial charge < -0.3 is 4.90 Å². The highest BCUT2D eigenvalue weighted by atomic mass is 32.2. The SMILES string of the molecule is Cc1cc(C)c(N2C(CS(=O)(=O)c3ccccc3)=CC(c3ccc(C(C)(C)C)cc3)=Cc3ccccc32)c(C)c1. The Kier molecular flexibility index (Phi) is 7.32. The summed E-state index contributed by atoms with van der Waals surface area (Å²) in [7, 11) is -3.62. The van der Waals surface area contributed by atoms with Gasteiger partial charge >= 0.3 is 0 Å². The van der Waals surface area contributed by atoms with Crippen LogP contribution >= 0.6 is 0 Å². The average molecular weight is 548 g/mol. The molecule has 5 rings (SSSR count). The summed E-state index contributed by atoms with van der Waals surface area (Å²) in [5, 5.41) is 0. The number of para-hydroxylation sites is 1. The van der Waals surface area contributed by atoms with E-state index in [-0.39, 0.29) is 11.2 Å². The van der Waals surface area contributed by atoms with Crippen LogP contribution in [0.5, 0.6) is 0 Å². The fourth-order valence-corrected chi connectivity index (χ4v) is 6.89. The van der Waals surface area contributed by atoms with E-state index in [0.29, 0.717) is 4.90 Å². The maximum atomic E-state index is 13.8. The summed E-state index contributed by atoms with van der Waals surface area (Å²) < 4.78 is 27.7. The van der Waals surface area contributed by atoms with Gasteiger partial charge in [0.1, 0.15) is 0 Å². The van der Waals surface area contributed by atoms with Crippen molar-refractivity contribution in [2.75, 3.05) is 10.7 Å². The van der Waals surface area contributed by atoms with E-state index in [4.69, 9.17) is 0 Å². The monoisotopic (exact) mass is 547 g/mol. The first-order valence-corrected chi connectivity index (χ1v) is 15.4. The number of hydrogen-bond acceptors (Lipinski definition) is 3. The number of nitrogens with zero attached hydrogens (tertiary/aromatic N) is 1. The molecule has 0 aromatic heterocycles. The highest BCUT2D eigenvalue weighted by molar-refractivity contribution is 7.91. The molecule has 0 saturated heterocycles. The molecule has 4 aromatic carbocycles. The lowest BCUT2D eigenvalue weighted by Crippen LogP contribution is -2.25. The molecule has 0 N–H and O–H groups in total. The van der Waals surface area contributed by atoms with Gasteiger partial charge in [-0.05, 0) is 89.9 Å². The van der Waals surface area contributed by atoms with Crippen molar-refractivity contribution in [3.63, 3.8) is 0 Å². The molecule has 0 bridgehead atoms. The van der Waals surface area contributed by atoms with Crippen LogP contribution in [0.2, 0.25) is 0 Å². The van der Waals surface area contributed by atoms with Crippen molar-refractivity contribution in [3.05, 3.63) is 136 Å². The molecule has 0 spiro atoms.